The van der Waals surface area contributed by atoms with E-state index in [1.165, 1.54) is 18.3 Å². The molecule has 0 aliphatic rings. The van der Waals surface area contributed by atoms with Gasteiger partial charge in [-0.3, -0.25) is 0 Å². The van der Waals surface area contributed by atoms with Crippen molar-refractivity contribution in [2.24, 2.45) is 0 Å². The summed E-state index contributed by atoms with van der Waals surface area (Å²) in [5.41, 5.74) is 5.23. The molecule has 0 aromatic heterocycles. The van der Waals surface area contributed by atoms with Crippen molar-refractivity contribution in [2.75, 3.05) is 7.11 Å². The number of aryl methyl sites for hydroxylation is 1. The number of allylic oxidation sites excluding steroid dienone is 3. The van der Waals surface area contributed by atoms with Crippen LogP contribution in [-0.2, 0) is 11.2 Å². The topological polar surface area (TPSA) is 26.3 Å². The summed E-state index contributed by atoms with van der Waals surface area (Å²) in [7, 11) is 1.40. The number of esters is 1. The Morgan fingerprint density at radius 2 is 1.95 bits per heavy atom. The Hall–Kier alpha value is -1.35. The predicted molar refractivity (Wildman–Crippen MR) is 87.0 cm³/mol. The molecule has 1 rings (SSSR count). The van der Waals surface area contributed by atoms with Gasteiger partial charge in [0, 0.05) is 4.47 Å². The van der Waals surface area contributed by atoms with Gasteiger partial charge in [-0.1, -0.05) is 29.9 Å². The van der Waals surface area contributed by atoms with Crippen molar-refractivity contribution < 1.29 is 9.53 Å². The first kappa shape index (κ1) is 16.7. The molecule has 0 unspecified atom stereocenters. The third-order valence-corrected chi connectivity index (χ3v) is 3.91. The number of ether oxygens (including phenoxy) is 1. The van der Waals surface area contributed by atoms with Crippen LogP contribution in [0.15, 0.2) is 46.0 Å². The molecule has 2 nitrogen and oxygen atoms in total. The Labute approximate surface area is 129 Å². The summed E-state index contributed by atoms with van der Waals surface area (Å²) in [5.74, 6) is -0.304. The quantitative estimate of drug-likeness (QED) is 0.553. The molecule has 108 valence electrons. The van der Waals surface area contributed by atoms with Crippen molar-refractivity contribution in [1.82, 2.24) is 0 Å². The number of hydrogen-bond acceptors (Lipinski definition) is 2. The van der Waals surface area contributed by atoms with Crippen molar-refractivity contribution in [1.29, 1.82) is 0 Å². The predicted octanol–water partition coefficient (Wildman–Crippen LogP) is 5.08. The van der Waals surface area contributed by atoms with Crippen LogP contribution in [0.5, 0.6) is 0 Å². The van der Waals surface area contributed by atoms with Crippen molar-refractivity contribution in [3.05, 3.63) is 57.1 Å². The molecule has 0 amide bonds. The summed E-state index contributed by atoms with van der Waals surface area (Å²) in [6, 6.07) is 5.77. The van der Waals surface area contributed by atoms with Crippen LogP contribution in [0.2, 0.25) is 0 Å². The van der Waals surface area contributed by atoms with Gasteiger partial charge in [0.1, 0.15) is 0 Å². The molecule has 0 bridgehead atoms. The monoisotopic (exact) mass is 336 g/mol. The van der Waals surface area contributed by atoms with Crippen LogP contribution < -0.4 is 0 Å². The molecule has 1 aromatic carbocycles. The average molecular weight is 337 g/mol. The second-order valence-electron chi connectivity index (χ2n) is 5.02. The highest BCUT2D eigenvalue weighted by atomic mass is 79.9. The van der Waals surface area contributed by atoms with Crippen LogP contribution in [0.1, 0.15) is 43.1 Å². The number of rotatable bonds is 5. The maximum atomic E-state index is 11.9. The van der Waals surface area contributed by atoms with Gasteiger partial charge in [-0.05, 0) is 66.7 Å². The van der Waals surface area contributed by atoms with Crippen LogP contribution >= 0.6 is 15.9 Å². The third kappa shape index (κ3) is 4.07. The summed E-state index contributed by atoms with van der Waals surface area (Å²) in [6.07, 6.45) is 1.66. The van der Waals surface area contributed by atoms with Crippen molar-refractivity contribution in [2.45, 2.75) is 33.6 Å². The van der Waals surface area contributed by atoms with Gasteiger partial charge in [0.05, 0.1) is 12.7 Å². The smallest absolute Gasteiger partial charge is 0.339 e. The molecule has 0 saturated carbocycles. The molecule has 0 heterocycles. The van der Waals surface area contributed by atoms with Crippen LogP contribution in [0, 0.1) is 0 Å². The summed E-state index contributed by atoms with van der Waals surface area (Å²) < 4.78 is 5.63. The molecule has 0 N–H and O–H groups in total. The van der Waals surface area contributed by atoms with E-state index < -0.39 is 0 Å². The van der Waals surface area contributed by atoms with E-state index in [-0.39, 0.29) is 5.97 Å². The van der Waals surface area contributed by atoms with E-state index in [0.29, 0.717) is 5.56 Å². The van der Waals surface area contributed by atoms with Crippen LogP contribution in [0.4, 0.5) is 0 Å². The van der Waals surface area contributed by atoms with Crippen LogP contribution in [0.25, 0.3) is 0 Å². The SMILES string of the molecule is C=C(C)C(CCc1cccc(Br)c1C(=O)OC)=C(C)C. The first-order chi connectivity index (χ1) is 9.38. The Morgan fingerprint density at radius 3 is 2.45 bits per heavy atom. The standard InChI is InChI=1S/C17H21BrO2/c1-11(2)14(12(3)4)10-9-13-7-6-8-15(18)16(13)17(19)20-5/h6-8H,1,9-10H2,2-5H3. The Bertz CT molecular complexity index is 552. The van der Waals surface area contributed by atoms with E-state index in [1.807, 2.05) is 25.1 Å². The molecule has 0 radical (unpaired) electrons. The Morgan fingerprint density at radius 1 is 1.30 bits per heavy atom. The van der Waals surface area contributed by atoms with Gasteiger partial charge in [0.15, 0.2) is 0 Å². The summed E-state index contributed by atoms with van der Waals surface area (Å²) in [4.78, 5) is 11.9. The highest BCUT2D eigenvalue weighted by Crippen LogP contribution is 2.25. The third-order valence-electron chi connectivity index (χ3n) is 3.25. The van der Waals surface area contributed by atoms with Gasteiger partial charge in [-0.2, -0.15) is 0 Å². The van der Waals surface area contributed by atoms with Crippen LogP contribution in [0.3, 0.4) is 0 Å². The maximum absolute atomic E-state index is 11.9. The summed E-state index contributed by atoms with van der Waals surface area (Å²) >= 11 is 3.42. The minimum Gasteiger partial charge on any atom is -0.465 e. The second kappa shape index (κ2) is 7.44. The molecule has 1 aromatic rings. The lowest BCUT2D eigenvalue weighted by molar-refractivity contribution is 0.0598. The fourth-order valence-corrected chi connectivity index (χ4v) is 2.83. The van der Waals surface area contributed by atoms with Gasteiger partial charge >= 0.3 is 5.97 Å². The van der Waals surface area contributed by atoms with E-state index in [2.05, 4.69) is 36.4 Å². The molecule has 0 aliphatic heterocycles. The van der Waals surface area contributed by atoms with Crippen LogP contribution in [-0.4, -0.2) is 13.1 Å². The number of carbonyl (C=O) groups excluding carboxylic acids is 1. The normalized spacial score (nSPS) is 10.1. The fraction of sp³-hybridized carbons (Fsp3) is 0.353. The Kier molecular flexibility index (Phi) is 6.21. The molecule has 3 heteroatoms. The van der Waals surface area contributed by atoms with Gasteiger partial charge in [-0.15, -0.1) is 0 Å². The van der Waals surface area contributed by atoms with Gasteiger partial charge in [-0.25, -0.2) is 4.79 Å². The van der Waals surface area contributed by atoms with Crippen molar-refractivity contribution in [3.63, 3.8) is 0 Å². The van der Waals surface area contributed by atoms with E-state index in [9.17, 15) is 4.79 Å². The summed E-state index contributed by atoms with van der Waals surface area (Å²) in [5, 5.41) is 0. The van der Waals surface area contributed by atoms with E-state index in [1.54, 1.807) is 0 Å². The largest absolute Gasteiger partial charge is 0.465 e. The number of benzene rings is 1. The number of hydrogen-bond donors (Lipinski definition) is 0. The number of halogens is 1. The van der Waals surface area contributed by atoms with E-state index in [0.717, 1.165) is 28.5 Å². The first-order valence-electron chi connectivity index (χ1n) is 6.56. The minimum absolute atomic E-state index is 0.304. The number of methoxy groups -OCH3 is 1. The van der Waals surface area contributed by atoms with E-state index >= 15 is 0 Å². The second-order valence-corrected chi connectivity index (χ2v) is 5.88. The molecule has 0 atom stereocenters. The Balaban J connectivity index is 3.05. The molecule has 0 spiro atoms. The zero-order valence-electron chi connectivity index (χ0n) is 12.5. The van der Waals surface area contributed by atoms with Gasteiger partial charge < -0.3 is 4.74 Å². The highest BCUT2D eigenvalue weighted by Gasteiger charge is 2.15. The zero-order valence-corrected chi connectivity index (χ0v) is 14.1. The fourth-order valence-electron chi connectivity index (χ4n) is 2.26. The van der Waals surface area contributed by atoms with Gasteiger partial charge in [0.25, 0.3) is 0 Å². The summed E-state index contributed by atoms with van der Waals surface area (Å²) in [6.45, 7) is 10.2. The molecule has 20 heavy (non-hydrogen) atoms. The number of carbonyl (C=O) groups is 1. The highest BCUT2D eigenvalue weighted by molar-refractivity contribution is 9.10. The lowest BCUT2D eigenvalue weighted by Gasteiger charge is -2.13. The zero-order chi connectivity index (χ0) is 15.3. The van der Waals surface area contributed by atoms with Gasteiger partial charge in [0.2, 0.25) is 0 Å². The lowest BCUT2D eigenvalue weighted by atomic mass is 9.94. The first-order valence-corrected chi connectivity index (χ1v) is 7.35. The molecule has 0 fully saturated rings. The maximum Gasteiger partial charge on any atom is 0.339 e. The van der Waals surface area contributed by atoms with E-state index in [4.69, 9.17) is 4.74 Å². The molecule has 0 aliphatic carbocycles. The van der Waals surface area contributed by atoms with Crippen molar-refractivity contribution in [3.8, 4) is 0 Å². The molecular formula is C17H21BrO2. The lowest BCUT2D eigenvalue weighted by Crippen LogP contribution is -2.07. The minimum atomic E-state index is -0.304. The molecular weight excluding hydrogens is 316 g/mol. The molecule has 0 saturated heterocycles. The average Bonchev–Trinajstić information content (AvgIpc) is 2.37. The van der Waals surface area contributed by atoms with Crippen molar-refractivity contribution >= 4 is 21.9 Å².